The first-order valence-corrected chi connectivity index (χ1v) is 19.4. The van der Waals surface area contributed by atoms with Gasteiger partial charge in [0.2, 0.25) is 0 Å². The Labute approximate surface area is 260 Å². The van der Waals surface area contributed by atoms with E-state index in [2.05, 4.69) is 12.1 Å². The Morgan fingerprint density at radius 1 is 0.591 bits per heavy atom. The number of hydrogen-bond donors (Lipinski definition) is 0. The van der Waals surface area contributed by atoms with Crippen LogP contribution < -0.4 is 4.18 Å². The third kappa shape index (κ3) is 4.26. The summed E-state index contributed by atoms with van der Waals surface area (Å²) in [6.07, 6.45) is 14.3. The fraction of sp³-hybridized carbons (Fsp3) is 0.556. The van der Waals surface area contributed by atoms with E-state index in [1.165, 1.54) is 56.7 Å². The van der Waals surface area contributed by atoms with Crippen LogP contribution in [0.15, 0.2) is 64.4 Å². The normalized spacial score (nSPS) is 37.1. The molecule has 44 heavy (non-hydrogen) atoms. The van der Waals surface area contributed by atoms with Crippen molar-refractivity contribution in [1.29, 1.82) is 0 Å². The van der Waals surface area contributed by atoms with Crippen LogP contribution in [0, 0.1) is 35.5 Å². The van der Waals surface area contributed by atoms with Gasteiger partial charge in [-0.25, -0.2) is 8.42 Å². The molecule has 0 atom stereocenters. The van der Waals surface area contributed by atoms with Crippen molar-refractivity contribution in [2.75, 3.05) is 0 Å². The van der Waals surface area contributed by atoms with Gasteiger partial charge in [0.1, 0.15) is 15.0 Å². The van der Waals surface area contributed by atoms with E-state index in [0.29, 0.717) is 28.0 Å². The van der Waals surface area contributed by atoms with Crippen molar-refractivity contribution in [2.24, 2.45) is 35.5 Å². The molecule has 8 fully saturated rings. The van der Waals surface area contributed by atoms with Crippen LogP contribution in [0.4, 0.5) is 0 Å². The van der Waals surface area contributed by atoms with Gasteiger partial charge in [-0.2, -0.15) is 8.42 Å². The molecule has 8 aliphatic rings. The smallest absolute Gasteiger partial charge is 0.339 e. The van der Waals surface area contributed by atoms with Crippen LogP contribution in [-0.4, -0.2) is 21.4 Å². The maximum absolute atomic E-state index is 14.6. The number of hydrogen-bond acceptors (Lipinski definition) is 6. The third-order valence-corrected chi connectivity index (χ3v) is 15.0. The summed E-state index contributed by atoms with van der Waals surface area (Å²) < 4.78 is 71.3. The summed E-state index contributed by atoms with van der Waals surface area (Å²) in [5.74, 6) is 4.24. The average Bonchev–Trinajstić information content (AvgIpc) is 2.95. The van der Waals surface area contributed by atoms with Crippen molar-refractivity contribution in [3.05, 3.63) is 65.7 Å². The van der Waals surface area contributed by atoms with E-state index < -0.39 is 20.2 Å². The first-order valence-electron chi connectivity index (χ1n) is 16.6. The van der Waals surface area contributed by atoms with Gasteiger partial charge in [-0.1, -0.05) is 36.4 Å². The van der Waals surface area contributed by atoms with E-state index in [1.807, 2.05) is 6.07 Å². The molecule has 0 aromatic heterocycles. The summed E-state index contributed by atoms with van der Waals surface area (Å²) in [6, 6.07) is 15.4. The van der Waals surface area contributed by atoms with E-state index >= 15 is 0 Å². The first kappa shape index (κ1) is 27.9. The SMILES string of the molecule is O=S(=O)([O-])c1ccc(OS(=O)(=O)c2cc(C34CC5CC(CC(C5)C3)C4)ccc2C23CC4CC(CC(C4)C2)C3)c2ccccc12. The second-order valence-electron chi connectivity index (χ2n) is 15.7. The molecule has 0 spiro atoms. The fourth-order valence-corrected chi connectivity index (χ4v) is 14.1. The summed E-state index contributed by atoms with van der Waals surface area (Å²) in [5.41, 5.74) is 1.97. The number of fused-ring (bicyclic) bond motifs is 1. The maximum Gasteiger partial charge on any atom is 0.339 e. The van der Waals surface area contributed by atoms with Crippen molar-refractivity contribution < 1.29 is 25.6 Å². The Balaban J connectivity index is 1.19. The van der Waals surface area contributed by atoms with E-state index in [0.717, 1.165) is 67.4 Å². The summed E-state index contributed by atoms with van der Waals surface area (Å²) in [4.78, 5) is -0.0757. The summed E-state index contributed by atoms with van der Waals surface area (Å²) >= 11 is 0. The monoisotopic (exact) mass is 631 g/mol. The van der Waals surface area contributed by atoms with Crippen LogP contribution in [0.25, 0.3) is 10.8 Å². The molecule has 8 bridgehead atoms. The Morgan fingerprint density at radius 2 is 1.09 bits per heavy atom. The molecule has 0 heterocycles. The first-order chi connectivity index (χ1) is 21.0. The number of rotatable bonds is 6. The van der Waals surface area contributed by atoms with Gasteiger partial charge in [0, 0.05) is 10.8 Å². The molecule has 0 saturated heterocycles. The molecule has 0 amide bonds. The Morgan fingerprint density at radius 3 is 1.61 bits per heavy atom. The third-order valence-electron chi connectivity index (χ3n) is 12.8. The van der Waals surface area contributed by atoms with Crippen molar-refractivity contribution in [3.63, 3.8) is 0 Å². The predicted octanol–water partition coefficient (Wildman–Crippen LogP) is 7.45. The second-order valence-corrected chi connectivity index (χ2v) is 18.6. The minimum Gasteiger partial charge on any atom is -0.744 e. The molecule has 0 unspecified atom stereocenters. The lowest BCUT2D eigenvalue weighted by Gasteiger charge is -2.58. The zero-order valence-electron chi connectivity index (χ0n) is 24.9. The molecule has 11 rings (SSSR count). The van der Waals surface area contributed by atoms with Crippen LogP contribution in [0.5, 0.6) is 5.75 Å². The molecule has 8 aliphatic carbocycles. The Bertz CT molecular complexity index is 1840. The lowest BCUT2D eigenvalue weighted by Crippen LogP contribution is -2.50. The Hall–Kier alpha value is -2.42. The molecule has 0 aliphatic heterocycles. The highest BCUT2D eigenvalue weighted by molar-refractivity contribution is 7.87. The zero-order valence-corrected chi connectivity index (χ0v) is 26.5. The van der Waals surface area contributed by atoms with Gasteiger partial charge in [-0.15, -0.1) is 0 Å². The average molecular weight is 632 g/mol. The molecule has 6 nitrogen and oxygen atoms in total. The molecule has 3 aromatic carbocycles. The van der Waals surface area contributed by atoms with Crippen molar-refractivity contribution in [1.82, 2.24) is 0 Å². The lowest BCUT2D eigenvalue weighted by atomic mass is 9.47. The highest BCUT2D eigenvalue weighted by atomic mass is 32.2. The van der Waals surface area contributed by atoms with Crippen LogP contribution in [0.2, 0.25) is 0 Å². The standard InChI is InChI=1S/C36H40O6S2/c37-43(38,39)33-8-7-32(29-3-1-2-4-30(29)33)42-44(40,41)34-15-28(35-16-22-9-23(17-35)11-24(10-22)18-35)5-6-31(34)36-19-25-12-26(20-36)14-27(13-25)21-36/h1-8,15,22-27H,9-14,16-21H2,(H,37,38,39)/p-1. The molecule has 8 heteroatoms. The van der Waals surface area contributed by atoms with Gasteiger partial charge in [0.05, 0.1) is 4.90 Å². The quantitative estimate of drug-likeness (QED) is 0.207. The largest absolute Gasteiger partial charge is 0.744 e. The maximum atomic E-state index is 14.6. The zero-order chi connectivity index (χ0) is 30.1. The lowest BCUT2D eigenvalue weighted by molar-refractivity contribution is -0.00807. The van der Waals surface area contributed by atoms with Crippen LogP contribution in [0.3, 0.4) is 0 Å². The molecule has 0 radical (unpaired) electrons. The second kappa shape index (κ2) is 9.32. The van der Waals surface area contributed by atoms with Crippen LogP contribution >= 0.6 is 0 Å². The van der Waals surface area contributed by atoms with Gasteiger partial charge in [-0.05, 0) is 153 Å². The highest BCUT2D eigenvalue weighted by Crippen LogP contribution is 2.63. The van der Waals surface area contributed by atoms with Crippen LogP contribution in [0.1, 0.15) is 88.2 Å². The van der Waals surface area contributed by atoms with E-state index in [-0.39, 0.29) is 26.9 Å². The topological polar surface area (TPSA) is 101 Å². The van der Waals surface area contributed by atoms with Gasteiger partial charge in [0.25, 0.3) is 0 Å². The Kier molecular flexibility index (Phi) is 5.90. The van der Waals surface area contributed by atoms with Crippen LogP contribution in [-0.2, 0) is 31.1 Å². The number of benzene rings is 3. The van der Waals surface area contributed by atoms with Crippen molar-refractivity contribution >= 4 is 31.0 Å². The summed E-state index contributed by atoms with van der Waals surface area (Å²) in [5, 5.41) is 0.459. The minimum atomic E-state index is -4.76. The molecular weight excluding hydrogens is 593 g/mol. The van der Waals surface area contributed by atoms with E-state index in [9.17, 15) is 21.4 Å². The van der Waals surface area contributed by atoms with E-state index in [4.69, 9.17) is 4.18 Å². The summed E-state index contributed by atoms with van der Waals surface area (Å²) in [6.45, 7) is 0. The van der Waals surface area contributed by atoms with E-state index in [1.54, 1.807) is 18.2 Å². The molecule has 0 N–H and O–H groups in total. The van der Waals surface area contributed by atoms with Gasteiger partial charge >= 0.3 is 10.1 Å². The van der Waals surface area contributed by atoms with Gasteiger partial charge in [0.15, 0.2) is 5.75 Å². The summed E-state index contributed by atoms with van der Waals surface area (Å²) in [7, 11) is -9.06. The molecule has 3 aromatic rings. The highest BCUT2D eigenvalue weighted by Gasteiger charge is 2.55. The fourth-order valence-electron chi connectivity index (χ4n) is 12.1. The molecular formula is C36H39O6S2-. The minimum absolute atomic E-state index is 0.0376. The predicted molar refractivity (Wildman–Crippen MR) is 166 cm³/mol. The molecule has 8 saturated carbocycles. The van der Waals surface area contributed by atoms with Gasteiger partial charge < -0.3 is 8.74 Å². The van der Waals surface area contributed by atoms with Gasteiger partial charge in [-0.3, -0.25) is 0 Å². The van der Waals surface area contributed by atoms with Crippen molar-refractivity contribution in [2.45, 2.75) is 97.7 Å². The molecule has 232 valence electrons. The van der Waals surface area contributed by atoms with Crippen molar-refractivity contribution in [3.8, 4) is 5.75 Å².